The van der Waals surface area contributed by atoms with Crippen LogP contribution >= 0.6 is 23.2 Å². The first kappa shape index (κ1) is 21.5. The first-order valence-corrected chi connectivity index (χ1v) is 9.56. The molecule has 8 heteroatoms. The van der Waals surface area contributed by atoms with E-state index in [4.69, 9.17) is 32.7 Å². The van der Waals surface area contributed by atoms with Crippen LogP contribution in [0.15, 0.2) is 60.7 Å². The predicted octanol–water partition coefficient (Wildman–Crippen LogP) is 5.52. The zero-order valence-corrected chi connectivity index (χ0v) is 17.7. The van der Waals surface area contributed by atoms with Crippen LogP contribution in [0.2, 0.25) is 10.0 Å². The number of carbonyl (C=O) groups is 2. The maximum absolute atomic E-state index is 12.4. The molecule has 0 aliphatic carbocycles. The van der Waals surface area contributed by atoms with Gasteiger partial charge in [-0.3, -0.25) is 9.59 Å². The highest BCUT2D eigenvalue weighted by Crippen LogP contribution is 2.28. The lowest BCUT2D eigenvalue weighted by Gasteiger charge is -2.10. The Bertz CT molecular complexity index is 998. The van der Waals surface area contributed by atoms with Crippen LogP contribution < -0.4 is 20.1 Å². The molecule has 0 aromatic heterocycles. The van der Waals surface area contributed by atoms with Gasteiger partial charge in [0, 0.05) is 22.5 Å². The molecule has 3 aromatic rings. The summed E-state index contributed by atoms with van der Waals surface area (Å²) in [6.45, 7) is 0. The summed E-state index contributed by atoms with van der Waals surface area (Å²) in [7, 11) is 3.03. The summed E-state index contributed by atoms with van der Waals surface area (Å²) in [6, 6.07) is 16.2. The minimum Gasteiger partial charge on any atom is -0.495 e. The molecule has 0 fully saturated rings. The molecule has 0 radical (unpaired) electrons. The topological polar surface area (TPSA) is 76.7 Å². The molecule has 2 N–H and O–H groups in total. The van der Waals surface area contributed by atoms with Gasteiger partial charge in [0.2, 0.25) is 0 Å². The van der Waals surface area contributed by atoms with Crippen molar-refractivity contribution in [1.29, 1.82) is 0 Å². The number of benzene rings is 3. The van der Waals surface area contributed by atoms with Crippen LogP contribution in [0.1, 0.15) is 20.7 Å². The van der Waals surface area contributed by atoms with E-state index in [-0.39, 0.29) is 11.8 Å². The Hall–Kier alpha value is -3.22. The molecule has 2 amide bonds. The van der Waals surface area contributed by atoms with Crippen molar-refractivity contribution in [2.45, 2.75) is 0 Å². The number of methoxy groups -OCH3 is 2. The molecular weight excluding hydrogens is 427 g/mol. The summed E-state index contributed by atoms with van der Waals surface area (Å²) in [5, 5.41) is 6.28. The van der Waals surface area contributed by atoms with Gasteiger partial charge in [0.15, 0.2) is 0 Å². The van der Waals surface area contributed by atoms with E-state index in [0.717, 1.165) is 0 Å². The third kappa shape index (κ3) is 5.03. The van der Waals surface area contributed by atoms with Crippen LogP contribution in [0.3, 0.4) is 0 Å². The van der Waals surface area contributed by atoms with Crippen LogP contribution in [0.4, 0.5) is 11.4 Å². The van der Waals surface area contributed by atoms with Gasteiger partial charge in [-0.15, -0.1) is 0 Å². The number of rotatable bonds is 6. The van der Waals surface area contributed by atoms with Gasteiger partial charge in [0.05, 0.1) is 24.3 Å². The second kappa shape index (κ2) is 9.52. The average molecular weight is 445 g/mol. The van der Waals surface area contributed by atoms with Crippen LogP contribution in [0, 0.1) is 0 Å². The number of halogens is 2. The summed E-state index contributed by atoms with van der Waals surface area (Å²) in [5.41, 5.74) is 1.85. The third-order valence-corrected chi connectivity index (χ3v) is 4.82. The van der Waals surface area contributed by atoms with Gasteiger partial charge in [-0.05, 0) is 60.7 Å². The molecule has 0 bridgehead atoms. The largest absolute Gasteiger partial charge is 0.495 e. The lowest BCUT2D eigenvalue weighted by molar-refractivity contribution is 0.101. The van der Waals surface area contributed by atoms with E-state index >= 15 is 0 Å². The quantitative estimate of drug-likeness (QED) is 0.524. The zero-order chi connectivity index (χ0) is 21.7. The average Bonchev–Trinajstić information content (AvgIpc) is 2.74. The molecule has 0 unspecified atom stereocenters. The lowest BCUT2D eigenvalue weighted by Crippen LogP contribution is -2.14. The highest BCUT2D eigenvalue weighted by atomic mass is 35.5. The molecule has 30 heavy (non-hydrogen) atoms. The van der Waals surface area contributed by atoms with Gasteiger partial charge in [-0.1, -0.05) is 23.2 Å². The Morgan fingerprint density at radius 3 is 1.33 bits per heavy atom. The highest BCUT2D eigenvalue weighted by Gasteiger charge is 2.11. The Balaban J connectivity index is 1.66. The summed E-state index contributed by atoms with van der Waals surface area (Å²) in [6.07, 6.45) is 0. The van der Waals surface area contributed by atoms with E-state index in [2.05, 4.69) is 10.6 Å². The number of amides is 2. The van der Waals surface area contributed by atoms with Crippen molar-refractivity contribution in [1.82, 2.24) is 0 Å². The molecule has 154 valence electrons. The fourth-order valence-corrected chi connectivity index (χ4v) is 3.18. The molecular formula is C22H18Cl2N2O4. The van der Waals surface area contributed by atoms with Crippen molar-refractivity contribution in [3.63, 3.8) is 0 Å². The number of hydrogen-bond acceptors (Lipinski definition) is 4. The Kier molecular flexibility index (Phi) is 6.82. The summed E-state index contributed by atoms with van der Waals surface area (Å²) in [4.78, 5) is 24.9. The van der Waals surface area contributed by atoms with Gasteiger partial charge in [-0.25, -0.2) is 0 Å². The monoisotopic (exact) mass is 444 g/mol. The van der Waals surface area contributed by atoms with Gasteiger partial charge < -0.3 is 20.1 Å². The van der Waals surface area contributed by atoms with Crippen molar-refractivity contribution in [3.05, 3.63) is 81.8 Å². The van der Waals surface area contributed by atoms with E-state index in [1.165, 1.54) is 14.2 Å². The van der Waals surface area contributed by atoms with Crippen LogP contribution in [-0.4, -0.2) is 26.0 Å². The van der Waals surface area contributed by atoms with Crippen molar-refractivity contribution < 1.29 is 19.1 Å². The summed E-state index contributed by atoms with van der Waals surface area (Å²) in [5.74, 6) is 0.376. The van der Waals surface area contributed by atoms with Gasteiger partial charge in [-0.2, -0.15) is 0 Å². The highest BCUT2D eigenvalue weighted by molar-refractivity contribution is 6.32. The predicted molar refractivity (Wildman–Crippen MR) is 118 cm³/mol. The molecule has 0 spiro atoms. The Morgan fingerprint density at radius 1 is 0.667 bits per heavy atom. The van der Waals surface area contributed by atoms with Crippen molar-refractivity contribution in [2.24, 2.45) is 0 Å². The number of nitrogens with one attached hydrogen (secondary N) is 2. The van der Waals surface area contributed by atoms with E-state index in [0.29, 0.717) is 44.0 Å². The van der Waals surface area contributed by atoms with Crippen LogP contribution in [0.5, 0.6) is 11.5 Å². The summed E-state index contributed by atoms with van der Waals surface area (Å²) >= 11 is 12.1. The first-order chi connectivity index (χ1) is 14.4. The second-order valence-electron chi connectivity index (χ2n) is 6.18. The molecule has 0 aliphatic rings. The molecule has 0 heterocycles. The number of carbonyl (C=O) groups excluding carboxylic acids is 2. The molecule has 6 nitrogen and oxygen atoms in total. The molecule has 0 saturated carbocycles. The Labute approximate surface area is 183 Å². The van der Waals surface area contributed by atoms with Gasteiger partial charge in [0.25, 0.3) is 11.8 Å². The maximum Gasteiger partial charge on any atom is 0.255 e. The minimum atomic E-state index is -0.329. The number of hydrogen-bond donors (Lipinski definition) is 2. The maximum atomic E-state index is 12.4. The van der Waals surface area contributed by atoms with Crippen LogP contribution in [-0.2, 0) is 0 Å². The fraction of sp³-hybridized carbons (Fsp3) is 0.0909. The fourth-order valence-electron chi connectivity index (χ4n) is 2.67. The van der Waals surface area contributed by atoms with Crippen molar-refractivity contribution in [3.8, 4) is 11.5 Å². The third-order valence-electron chi connectivity index (χ3n) is 4.23. The zero-order valence-electron chi connectivity index (χ0n) is 16.2. The van der Waals surface area contributed by atoms with Crippen molar-refractivity contribution in [2.75, 3.05) is 24.9 Å². The minimum absolute atomic E-state index is 0.329. The summed E-state index contributed by atoms with van der Waals surface area (Å²) < 4.78 is 10.2. The second-order valence-corrected chi connectivity index (χ2v) is 7.00. The number of anilines is 2. The van der Waals surface area contributed by atoms with E-state index in [9.17, 15) is 9.59 Å². The van der Waals surface area contributed by atoms with E-state index in [1.807, 2.05) is 0 Å². The molecule has 3 rings (SSSR count). The van der Waals surface area contributed by atoms with Gasteiger partial charge in [0.1, 0.15) is 11.5 Å². The first-order valence-electron chi connectivity index (χ1n) is 8.81. The molecule has 0 saturated heterocycles. The van der Waals surface area contributed by atoms with E-state index < -0.39 is 0 Å². The smallest absolute Gasteiger partial charge is 0.255 e. The Morgan fingerprint density at radius 2 is 1.03 bits per heavy atom. The molecule has 3 aromatic carbocycles. The molecule has 0 atom stereocenters. The van der Waals surface area contributed by atoms with Gasteiger partial charge >= 0.3 is 0 Å². The SMILES string of the molecule is COc1ccc(NC(=O)c2ccc(C(=O)Nc3ccc(OC)c(Cl)c3)cc2)cc1Cl. The number of ether oxygens (including phenoxy) is 2. The van der Waals surface area contributed by atoms with Crippen molar-refractivity contribution >= 4 is 46.4 Å². The normalized spacial score (nSPS) is 10.3. The standard InChI is InChI=1S/C22H18Cl2N2O4/c1-29-19-9-7-15(11-17(19)23)25-21(27)13-3-5-14(6-4-13)22(28)26-16-8-10-20(30-2)18(24)12-16/h3-12H,1-2H3,(H,25,27)(H,26,28). The lowest BCUT2D eigenvalue weighted by atomic mass is 10.1. The van der Waals surface area contributed by atoms with E-state index in [1.54, 1.807) is 60.7 Å². The van der Waals surface area contributed by atoms with Crippen LogP contribution in [0.25, 0.3) is 0 Å². The molecule has 0 aliphatic heterocycles.